The van der Waals surface area contributed by atoms with E-state index < -0.39 is 0 Å². The molecule has 0 unspecified atom stereocenters. The number of hydrogen-bond acceptors (Lipinski definition) is 5. The number of allylic oxidation sites excluding steroid dienone is 1. The van der Waals surface area contributed by atoms with Gasteiger partial charge in [-0.3, -0.25) is 9.78 Å². The number of imidazole rings is 1. The van der Waals surface area contributed by atoms with Crippen LogP contribution >= 0.6 is 0 Å². The number of carbonyl (C=O) groups excluding carboxylic acids is 1. The third-order valence-electron chi connectivity index (χ3n) is 6.28. The summed E-state index contributed by atoms with van der Waals surface area (Å²) in [5.74, 6) is 0.0861. The van der Waals surface area contributed by atoms with Crippen LogP contribution in [0.2, 0.25) is 0 Å². The lowest BCUT2D eigenvalue weighted by Crippen LogP contribution is -2.25. The van der Waals surface area contributed by atoms with Crippen molar-refractivity contribution in [1.29, 1.82) is 0 Å². The maximum Gasteiger partial charge on any atom is 0.164 e. The average Bonchev–Trinajstić information content (AvgIpc) is 3.39. The lowest BCUT2D eigenvalue weighted by molar-refractivity contribution is -0.113. The van der Waals surface area contributed by atoms with Crippen molar-refractivity contribution in [3.8, 4) is 0 Å². The second-order valence-electron chi connectivity index (χ2n) is 8.75. The Morgan fingerprint density at radius 2 is 2.00 bits per heavy atom. The van der Waals surface area contributed by atoms with Crippen LogP contribution in [0.15, 0.2) is 30.6 Å². The molecular weight excluding hydrogens is 398 g/mol. The van der Waals surface area contributed by atoms with Crippen LogP contribution in [0.3, 0.4) is 0 Å². The average molecular weight is 432 g/mol. The first-order valence-corrected chi connectivity index (χ1v) is 11.6. The highest BCUT2D eigenvalue weighted by Gasteiger charge is 2.21. The second kappa shape index (κ2) is 9.25. The number of nitrogens with zero attached hydrogens (tertiary/aromatic N) is 4. The summed E-state index contributed by atoms with van der Waals surface area (Å²) < 4.78 is 1.96. The van der Waals surface area contributed by atoms with E-state index in [9.17, 15) is 4.79 Å². The lowest BCUT2D eigenvalue weighted by atomic mass is 9.99. The number of carbonyl (C=O) groups is 1. The fourth-order valence-electron chi connectivity index (χ4n) is 4.48. The molecule has 2 aromatic heterocycles. The van der Waals surface area contributed by atoms with Gasteiger partial charge in [-0.1, -0.05) is 19.9 Å². The van der Waals surface area contributed by atoms with Gasteiger partial charge in [0.15, 0.2) is 11.4 Å². The van der Waals surface area contributed by atoms with Gasteiger partial charge in [-0.15, -0.1) is 0 Å². The predicted octanol–water partition coefficient (Wildman–Crippen LogP) is 4.68. The molecule has 168 valence electrons. The molecule has 1 N–H and O–H groups in total. The van der Waals surface area contributed by atoms with Crippen LogP contribution in [-0.2, 0) is 4.79 Å². The zero-order valence-electron chi connectivity index (χ0n) is 19.8. The van der Waals surface area contributed by atoms with Gasteiger partial charge in [-0.05, 0) is 63.1 Å². The molecule has 0 spiro atoms. The first-order chi connectivity index (χ1) is 15.4. The van der Waals surface area contributed by atoms with Gasteiger partial charge in [-0.25, -0.2) is 4.98 Å². The van der Waals surface area contributed by atoms with Gasteiger partial charge in [0.05, 0.1) is 17.1 Å². The molecule has 3 heterocycles. The molecule has 0 amide bonds. The molecule has 1 aromatic carbocycles. The molecule has 3 aromatic rings. The highest BCUT2D eigenvalue weighted by molar-refractivity contribution is 6.24. The summed E-state index contributed by atoms with van der Waals surface area (Å²) in [7, 11) is 0. The van der Waals surface area contributed by atoms with Crippen LogP contribution in [0.1, 0.15) is 54.9 Å². The van der Waals surface area contributed by atoms with E-state index in [-0.39, 0.29) is 5.78 Å². The van der Waals surface area contributed by atoms with Crippen LogP contribution in [0.5, 0.6) is 0 Å². The Bertz CT molecular complexity index is 1180. The zero-order valence-corrected chi connectivity index (χ0v) is 19.8. The van der Waals surface area contributed by atoms with Crippen LogP contribution in [0.25, 0.3) is 17.3 Å². The van der Waals surface area contributed by atoms with Crippen molar-refractivity contribution in [2.45, 2.75) is 53.5 Å². The van der Waals surface area contributed by atoms with E-state index in [1.54, 1.807) is 0 Å². The Balaban J connectivity index is 1.64. The monoisotopic (exact) mass is 431 g/mol. The predicted molar refractivity (Wildman–Crippen MR) is 131 cm³/mol. The van der Waals surface area contributed by atoms with Gasteiger partial charge in [0.1, 0.15) is 0 Å². The molecule has 0 aliphatic carbocycles. The Hall–Kier alpha value is -2.99. The molecule has 4 rings (SSSR count). The Morgan fingerprint density at radius 1 is 1.19 bits per heavy atom. The summed E-state index contributed by atoms with van der Waals surface area (Å²) in [6, 6.07) is 6.88. The summed E-state index contributed by atoms with van der Waals surface area (Å²) >= 11 is 0. The second-order valence-corrected chi connectivity index (χ2v) is 8.75. The first kappa shape index (κ1) is 22.2. The fraction of sp³-hybridized carbons (Fsp3) is 0.423. The summed E-state index contributed by atoms with van der Waals surface area (Å²) in [4.78, 5) is 24.6. The summed E-state index contributed by atoms with van der Waals surface area (Å²) in [5, 5.41) is 3.67. The number of likely N-dealkylation sites (N-methyl/N-ethyl adjacent to an activating group) is 1. The van der Waals surface area contributed by atoms with Crippen molar-refractivity contribution in [3.05, 3.63) is 58.8 Å². The zero-order chi connectivity index (χ0) is 22.8. The van der Waals surface area contributed by atoms with Crippen molar-refractivity contribution >= 4 is 28.8 Å². The van der Waals surface area contributed by atoms with Gasteiger partial charge in [0, 0.05) is 49.2 Å². The van der Waals surface area contributed by atoms with Crippen molar-refractivity contribution < 1.29 is 4.79 Å². The molecular formula is C26H33N5O. The number of hydrogen-bond donors (Lipinski definition) is 1. The van der Waals surface area contributed by atoms with Gasteiger partial charge < -0.3 is 14.6 Å². The minimum atomic E-state index is 0.0861. The van der Waals surface area contributed by atoms with Gasteiger partial charge in [-0.2, -0.15) is 0 Å². The van der Waals surface area contributed by atoms with Crippen molar-refractivity contribution in [2.75, 3.05) is 25.0 Å². The number of rotatable bonds is 7. The smallest absolute Gasteiger partial charge is 0.164 e. The molecule has 1 saturated heterocycles. The number of ketones is 1. The topological polar surface area (TPSA) is 62.5 Å². The molecule has 0 bridgehead atoms. The van der Waals surface area contributed by atoms with E-state index in [1.807, 2.05) is 43.6 Å². The lowest BCUT2D eigenvalue weighted by Gasteiger charge is -2.16. The molecule has 1 atom stereocenters. The minimum absolute atomic E-state index is 0.0861. The van der Waals surface area contributed by atoms with E-state index >= 15 is 0 Å². The quantitative estimate of drug-likeness (QED) is 0.550. The van der Waals surface area contributed by atoms with Gasteiger partial charge >= 0.3 is 0 Å². The van der Waals surface area contributed by atoms with E-state index in [0.29, 0.717) is 23.7 Å². The maximum absolute atomic E-state index is 12.9. The van der Waals surface area contributed by atoms with E-state index in [0.717, 1.165) is 53.5 Å². The Kier molecular flexibility index (Phi) is 6.42. The Morgan fingerprint density at radius 3 is 2.69 bits per heavy atom. The molecule has 1 aliphatic rings. The number of aromatic nitrogens is 3. The van der Waals surface area contributed by atoms with Gasteiger partial charge in [0.2, 0.25) is 0 Å². The van der Waals surface area contributed by atoms with Crippen molar-refractivity contribution in [3.63, 3.8) is 0 Å². The fourth-order valence-corrected chi connectivity index (χ4v) is 4.48. The number of likely N-dealkylation sites (tertiary alicyclic amines) is 1. The number of fused-ring (bicyclic) bond motifs is 1. The molecule has 0 radical (unpaired) electrons. The number of anilines is 1. The number of benzene rings is 1. The third-order valence-corrected chi connectivity index (χ3v) is 6.28. The third kappa shape index (κ3) is 4.60. The van der Waals surface area contributed by atoms with Crippen LogP contribution < -0.4 is 5.32 Å². The number of aryl methyl sites for hydroxylation is 3. The molecule has 1 aliphatic heterocycles. The van der Waals surface area contributed by atoms with Crippen LogP contribution in [-0.4, -0.2) is 50.7 Å². The summed E-state index contributed by atoms with van der Waals surface area (Å²) in [6.45, 7) is 13.5. The largest absolute Gasteiger partial charge is 0.381 e. The first-order valence-electron chi connectivity index (χ1n) is 11.6. The molecule has 1 fully saturated rings. The van der Waals surface area contributed by atoms with Gasteiger partial charge in [0.25, 0.3) is 0 Å². The highest BCUT2D eigenvalue weighted by Crippen LogP contribution is 2.25. The van der Waals surface area contributed by atoms with E-state index in [2.05, 4.69) is 47.2 Å². The Labute approximate surface area is 190 Å². The number of Topliss-reactive ketones (excluding diaryl/α,β-unsaturated/α-hetero) is 1. The summed E-state index contributed by atoms with van der Waals surface area (Å²) in [6.07, 6.45) is 7.47. The molecule has 6 heteroatoms. The van der Waals surface area contributed by atoms with Crippen LogP contribution in [0, 0.1) is 20.8 Å². The standard InChI is InChI=1S/C26H33N5O/c1-6-25(32)23(24-16-31-14-18(4)27-19(5)26(31)29-24)13-20-8-9-21(12-17(20)3)28-22-10-11-30(7-2)15-22/h8-9,12-14,16,22,28H,6-7,10-11,15H2,1-5H3/b23-13-/t22-/m1/s1. The van der Waals surface area contributed by atoms with Crippen molar-refractivity contribution in [1.82, 2.24) is 19.3 Å². The minimum Gasteiger partial charge on any atom is -0.381 e. The normalized spacial score (nSPS) is 17.3. The summed E-state index contributed by atoms with van der Waals surface area (Å²) in [5.41, 5.74) is 7.22. The molecule has 32 heavy (non-hydrogen) atoms. The van der Waals surface area contributed by atoms with E-state index in [1.165, 1.54) is 6.42 Å². The van der Waals surface area contributed by atoms with E-state index in [4.69, 9.17) is 4.98 Å². The molecule has 6 nitrogen and oxygen atoms in total. The molecule has 0 saturated carbocycles. The maximum atomic E-state index is 12.9. The SMILES string of the molecule is CCC(=O)/C(=C\c1ccc(N[C@@H]2CCN(CC)C2)cc1C)c1cn2cc(C)nc(C)c2n1. The van der Waals surface area contributed by atoms with Crippen molar-refractivity contribution in [2.24, 2.45) is 0 Å². The number of nitrogens with one attached hydrogen (secondary N) is 1. The highest BCUT2D eigenvalue weighted by atomic mass is 16.1. The van der Waals surface area contributed by atoms with Crippen LogP contribution in [0.4, 0.5) is 5.69 Å².